The molecular weight excluding hydrogens is 507 g/mol. The molecule has 1 amide bonds. The van der Waals surface area contributed by atoms with Gasteiger partial charge in [-0.15, -0.1) is 24.0 Å². The quantitative estimate of drug-likeness (QED) is 0.339. The van der Waals surface area contributed by atoms with Gasteiger partial charge in [0, 0.05) is 38.6 Å². The molecule has 31 heavy (non-hydrogen) atoms. The lowest BCUT2D eigenvalue weighted by molar-refractivity contribution is -0.140. The van der Waals surface area contributed by atoms with Crippen LogP contribution < -0.4 is 10.1 Å². The maximum atomic E-state index is 12.8. The molecule has 2 heterocycles. The number of aryl methyl sites for hydroxylation is 1. The summed E-state index contributed by atoms with van der Waals surface area (Å²) in [5.41, 5.74) is 1.13. The van der Waals surface area contributed by atoms with Gasteiger partial charge in [-0.3, -0.25) is 4.79 Å². The summed E-state index contributed by atoms with van der Waals surface area (Å²) in [5, 5.41) is 3.40. The van der Waals surface area contributed by atoms with Gasteiger partial charge in [0.25, 0.3) is 0 Å². The number of para-hydroxylation sites is 1. The number of hydrogen-bond acceptors (Lipinski definition) is 4. The van der Waals surface area contributed by atoms with Crippen LogP contribution >= 0.6 is 24.0 Å². The summed E-state index contributed by atoms with van der Waals surface area (Å²) < 4.78 is 11.4. The molecular formula is C23H37IN4O3. The summed E-state index contributed by atoms with van der Waals surface area (Å²) in [5.74, 6) is 2.23. The molecule has 7 nitrogen and oxygen atoms in total. The third-order valence-corrected chi connectivity index (χ3v) is 5.72. The van der Waals surface area contributed by atoms with Gasteiger partial charge in [0.2, 0.25) is 5.91 Å². The normalized spacial score (nSPS) is 18.9. The summed E-state index contributed by atoms with van der Waals surface area (Å²) in [6, 6.07) is 8.06. The van der Waals surface area contributed by atoms with E-state index in [1.807, 2.05) is 30.0 Å². The first-order chi connectivity index (χ1) is 14.6. The Morgan fingerprint density at radius 3 is 2.52 bits per heavy atom. The van der Waals surface area contributed by atoms with Crippen LogP contribution in [0.2, 0.25) is 0 Å². The number of morpholine rings is 1. The van der Waals surface area contributed by atoms with Crippen LogP contribution in [-0.4, -0.2) is 80.3 Å². The van der Waals surface area contributed by atoms with Crippen LogP contribution in [-0.2, 0) is 9.53 Å². The van der Waals surface area contributed by atoms with Crippen molar-refractivity contribution in [3.05, 3.63) is 29.8 Å². The maximum Gasteiger partial charge on any atom is 0.225 e. The SMILES string of the molecule is CCNC(=NCC(C)Oc1ccccc1C)N1CCC(C(=O)N2CCOCC2)CC1.I. The highest BCUT2D eigenvalue weighted by Crippen LogP contribution is 2.21. The Labute approximate surface area is 203 Å². The van der Waals surface area contributed by atoms with Crippen LogP contribution in [0.5, 0.6) is 5.75 Å². The van der Waals surface area contributed by atoms with Crippen LogP contribution in [0.4, 0.5) is 0 Å². The molecule has 1 unspecified atom stereocenters. The Kier molecular flexibility index (Phi) is 10.9. The average molecular weight is 544 g/mol. The summed E-state index contributed by atoms with van der Waals surface area (Å²) in [4.78, 5) is 21.8. The molecule has 0 radical (unpaired) electrons. The number of carbonyl (C=O) groups is 1. The number of nitrogens with zero attached hydrogens (tertiary/aromatic N) is 3. The number of piperidine rings is 1. The Morgan fingerprint density at radius 1 is 1.19 bits per heavy atom. The highest BCUT2D eigenvalue weighted by molar-refractivity contribution is 14.0. The van der Waals surface area contributed by atoms with E-state index in [1.165, 1.54) is 0 Å². The van der Waals surface area contributed by atoms with E-state index < -0.39 is 0 Å². The zero-order chi connectivity index (χ0) is 21.3. The number of hydrogen-bond donors (Lipinski definition) is 1. The van der Waals surface area contributed by atoms with E-state index in [1.54, 1.807) is 0 Å². The minimum atomic E-state index is -0.0137. The van der Waals surface area contributed by atoms with Crippen LogP contribution in [0.15, 0.2) is 29.3 Å². The number of guanidine groups is 1. The first-order valence-electron chi connectivity index (χ1n) is 11.2. The van der Waals surface area contributed by atoms with Crippen molar-refractivity contribution in [1.29, 1.82) is 0 Å². The number of likely N-dealkylation sites (tertiary alicyclic amines) is 1. The third kappa shape index (κ3) is 7.52. The summed E-state index contributed by atoms with van der Waals surface area (Å²) in [7, 11) is 0. The van der Waals surface area contributed by atoms with Crippen molar-refractivity contribution >= 4 is 35.8 Å². The second-order valence-electron chi connectivity index (χ2n) is 8.09. The summed E-state index contributed by atoms with van der Waals surface area (Å²) >= 11 is 0. The van der Waals surface area contributed by atoms with E-state index in [9.17, 15) is 4.79 Å². The average Bonchev–Trinajstić information content (AvgIpc) is 2.78. The molecule has 0 aliphatic carbocycles. The number of aliphatic imine (C=N–C) groups is 1. The smallest absolute Gasteiger partial charge is 0.225 e. The van der Waals surface area contributed by atoms with E-state index in [0.717, 1.165) is 62.8 Å². The predicted octanol–water partition coefficient (Wildman–Crippen LogP) is 2.92. The van der Waals surface area contributed by atoms with Gasteiger partial charge in [0.05, 0.1) is 19.8 Å². The lowest BCUT2D eigenvalue weighted by Gasteiger charge is -2.36. The van der Waals surface area contributed by atoms with Gasteiger partial charge in [-0.1, -0.05) is 18.2 Å². The molecule has 8 heteroatoms. The minimum absolute atomic E-state index is 0. The summed E-state index contributed by atoms with van der Waals surface area (Å²) in [6.45, 7) is 12.0. The number of ether oxygens (including phenoxy) is 2. The molecule has 0 aromatic heterocycles. The van der Waals surface area contributed by atoms with E-state index >= 15 is 0 Å². The van der Waals surface area contributed by atoms with E-state index in [0.29, 0.717) is 25.7 Å². The van der Waals surface area contributed by atoms with Crippen molar-refractivity contribution in [1.82, 2.24) is 15.1 Å². The number of halogens is 1. The minimum Gasteiger partial charge on any atom is -0.489 e. The fraction of sp³-hybridized carbons (Fsp3) is 0.652. The topological polar surface area (TPSA) is 66.4 Å². The van der Waals surface area contributed by atoms with E-state index in [-0.39, 0.29) is 36.0 Å². The summed E-state index contributed by atoms with van der Waals surface area (Å²) in [6.07, 6.45) is 1.73. The largest absolute Gasteiger partial charge is 0.489 e. The monoisotopic (exact) mass is 544 g/mol. The van der Waals surface area contributed by atoms with E-state index in [2.05, 4.69) is 30.1 Å². The molecule has 2 aliphatic rings. The van der Waals surface area contributed by atoms with Crippen molar-refractivity contribution in [2.75, 3.05) is 52.5 Å². The number of rotatable bonds is 6. The zero-order valence-electron chi connectivity index (χ0n) is 19.0. The maximum absolute atomic E-state index is 12.8. The third-order valence-electron chi connectivity index (χ3n) is 5.72. The number of benzene rings is 1. The molecule has 2 fully saturated rings. The standard InChI is InChI=1S/C23H36N4O3.HI/c1-4-24-23(25-17-19(3)30-21-8-6-5-7-18(21)2)27-11-9-20(10-12-27)22(28)26-13-15-29-16-14-26;/h5-8,19-20H,4,9-17H2,1-3H3,(H,24,25);1H. The molecule has 2 saturated heterocycles. The lowest BCUT2D eigenvalue weighted by Crippen LogP contribution is -2.50. The molecule has 174 valence electrons. The van der Waals surface area contributed by atoms with Gasteiger partial charge in [0.1, 0.15) is 11.9 Å². The second kappa shape index (κ2) is 13.1. The van der Waals surface area contributed by atoms with Gasteiger partial charge < -0.3 is 24.6 Å². The predicted molar refractivity (Wildman–Crippen MR) is 134 cm³/mol. The van der Waals surface area contributed by atoms with Gasteiger partial charge >= 0.3 is 0 Å². The van der Waals surface area contributed by atoms with Crippen LogP contribution in [0.3, 0.4) is 0 Å². The van der Waals surface area contributed by atoms with Gasteiger partial charge in [-0.05, 0) is 45.2 Å². The van der Waals surface area contributed by atoms with Gasteiger partial charge in [-0.25, -0.2) is 4.99 Å². The van der Waals surface area contributed by atoms with Gasteiger partial charge in [0.15, 0.2) is 5.96 Å². The van der Waals surface area contributed by atoms with E-state index in [4.69, 9.17) is 14.5 Å². The first-order valence-corrected chi connectivity index (χ1v) is 11.2. The number of amides is 1. The number of nitrogens with one attached hydrogen (secondary N) is 1. The lowest BCUT2D eigenvalue weighted by atomic mass is 9.95. The van der Waals surface area contributed by atoms with Crippen LogP contribution in [0.25, 0.3) is 0 Å². The van der Waals surface area contributed by atoms with Crippen molar-refractivity contribution in [2.45, 2.75) is 39.7 Å². The van der Waals surface area contributed by atoms with Crippen molar-refractivity contribution in [3.8, 4) is 5.75 Å². The Bertz CT molecular complexity index is 717. The van der Waals surface area contributed by atoms with Crippen molar-refractivity contribution < 1.29 is 14.3 Å². The molecule has 2 aliphatic heterocycles. The Balaban J connectivity index is 0.00000341. The van der Waals surface area contributed by atoms with Crippen LogP contribution in [0, 0.1) is 12.8 Å². The van der Waals surface area contributed by atoms with Crippen molar-refractivity contribution in [3.63, 3.8) is 0 Å². The molecule has 1 N–H and O–H groups in total. The van der Waals surface area contributed by atoms with Crippen molar-refractivity contribution in [2.24, 2.45) is 10.9 Å². The fourth-order valence-electron chi connectivity index (χ4n) is 3.96. The molecule has 1 aromatic rings. The first kappa shape index (κ1) is 25.7. The molecule has 0 saturated carbocycles. The number of carbonyl (C=O) groups excluding carboxylic acids is 1. The Hall–Kier alpha value is -1.55. The Morgan fingerprint density at radius 2 is 1.87 bits per heavy atom. The molecule has 0 bridgehead atoms. The highest BCUT2D eigenvalue weighted by Gasteiger charge is 2.30. The zero-order valence-corrected chi connectivity index (χ0v) is 21.3. The molecule has 0 spiro atoms. The molecule has 3 rings (SSSR count). The van der Waals surface area contributed by atoms with Gasteiger partial charge in [-0.2, -0.15) is 0 Å². The molecule has 1 atom stereocenters. The highest BCUT2D eigenvalue weighted by atomic mass is 127. The molecule has 1 aromatic carbocycles. The second-order valence-corrected chi connectivity index (χ2v) is 8.09. The fourth-order valence-corrected chi connectivity index (χ4v) is 3.96. The van der Waals surface area contributed by atoms with Crippen LogP contribution in [0.1, 0.15) is 32.3 Å².